The summed E-state index contributed by atoms with van der Waals surface area (Å²) >= 11 is 7.48. The van der Waals surface area contributed by atoms with E-state index >= 15 is 0 Å². The van der Waals surface area contributed by atoms with Gasteiger partial charge in [-0.25, -0.2) is 9.67 Å². The van der Waals surface area contributed by atoms with Crippen LogP contribution in [0.25, 0.3) is 15.9 Å². The maximum atomic E-state index is 12.3. The Kier molecular flexibility index (Phi) is 3.19. The number of fused-ring (bicyclic) bond motifs is 3. The normalized spacial score (nSPS) is 11.3. The van der Waals surface area contributed by atoms with Gasteiger partial charge in [0, 0.05) is 0 Å². The summed E-state index contributed by atoms with van der Waals surface area (Å²) in [5.74, 6) is -0.533. The molecule has 0 aliphatic heterocycles. The van der Waals surface area contributed by atoms with Crippen LogP contribution in [0.5, 0.6) is 0 Å². The second-order valence-electron chi connectivity index (χ2n) is 3.94. The molecule has 0 saturated carbocycles. The number of esters is 1. The highest BCUT2D eigenvalue weighted by Gasteiger charge is 2.16. The minimum atomic E-state index is -0.533. The van der Waals surface area contributed by atoms with Gasteiger partial charge in [0.25, 0.3) is 5.56 Å². The molecule has 0 aliphatic carbocycles. The number of rotatable bonds is 3. The summed E-state index contributed by atoms with van der Waals surface area (Å²) in [6, 6.07) is 1.69. The van der Waals surface area contributed by atoms with Crippen molar-refractivity contribution >= 4 is 44.8 Å². The van der Waals surface area contributed by atoms with Crippen molar-refractivity contribution in [3.63, 3.8) is 0 Å². The molecule has 7 nitrogen and oxygen atoms in total. The van der Waals surface area contributed by atoms with Crippen LogP contribution < -0.4 is 5.56 Å². The Hall–Kier alpha value is -1.93. The average molecular weight is 313 g/mol. The van der Waals surface area contributed by atoms with Gasteiger partial charge in [-0.05, 0) is 24.6 Å². The number of carbonyl (C=O) groups excluding carboxylic acids is 1. The second-order valence-corrected chi connectivity index (χ2v) is 5.17. The molecule has 3 aromatic rings. The van der Waals surface area contributed by atoms with E-state index < -0.39 is 11.5 Å². The predicted octanol–water partition coefficient (Wildman–Crippen LogP) is 1.32. The molecule has 20 heavy (non-hydrogen) atoms. The van der Waals surface area contributed by atoms with Crippen molar-refractivity contribution in [3.8, 4) is 0 Å². The Morgan fingerprint density at radius 1 is 1.55 bits per heavy atom. The molecule has 0 aliphatic rings. The number of ether oxygens (including phenoxy) is 1. The fourth-order valence-corrected chi connectivity index (χ4v) is 2.88. The number of thiazole rings is 1. The van der Waals surface area contributed by atoms with Gasteiger partial charge in [-0.1, -0.05) is 0 Å². The third kappa shape index (κ3) is 1.97. The van der Waals surface area contributed by atoms with Gasteiger partial charge >= 0.3 is 5.97 Å². The topological polar surface area (TPSA) is 78.5 Å². The zero-order valence-corrected chi connectivity index (χ0v) is 11.9. The van der Waals surface area contributed by atoms with Crippen molar-refractivity contribution in [2.75, 3.05) is 6.61 Å². The van der Waals surface area contributed by atoms with Crippen molar-refractivity contribution in [1.29, 1.82) is 0 Å². The summed E-state index contributed by atoms with van der Waals surface area (Å²) in [5.41, 5.74) is 2.18. The van der Waals surface area contributed by atoms with Gasteiger partial charge in [0.1, 0.15) is 12.1 Å². The molecule has 0 radical (unpaired) electrons. The van der Waals surface area contributed by atoms with Gasteiger partial charge < -0.3 is 4.74 Å². The van der Waals surface area contributed by atoms with Crippen molar-refractivity contribution in [3.05, 3.63) is 27.2 Å². The lowest BCUT2D eigenvalue weighted by atomic mass is 10.5. The van der Waals surface area contributed by atoms with Crippen LogP contribution in [0.3, 0.4) is 0 Å². The largest absolute Gasteiger partial charge is 0.465 e. The summed E-state index contributed by atoms with van der Waals surface area (Å²) in [6.07, 6.45) is 0. The lowest BCUT2D eigenvalue weighted by Crippen LogP contribution is -2.29. The molecule has 0 fully saturated rings. The first kappa shape index (κ1) is 13.1. The van der Waals surface area contributed by atoms with E-state index in [2.05, 4.69) is 10.1 Å². The number of hydrogen-bond acceptors (Lipinski definition) is 6. The van der Waals surface area contributed by atoms with Crippen LogP contribution in [0.1, 0.15) is 6.92 Å². The monoisotopic (exact) mass is 312 g/mol. The Labute approximate surface area is 121 Å². The number of hydrogen-bond donors (Lipinski definition) is 0. The molecule has 0 saturated heterocycles. The first-order valence-corrected chi connectivity index (χ1v) is 7.04. The summed E-state index contributed by atoms with van der Waals surface area (Å²) in [6.45, 7) is 1.67. The first-order valence-electron chi connectivity index (χ1n) is 5.78. The summed E-state index contributed by atoms with van der Waals surface area (Å²) < 4.78 is 8.10. The Morgan fingerprint density at radius 3 is 3.10 bits per heavy atom. The molecule has 0 atom stereocenters. The van der Waals surface area contributed by atoms with Crippen LogP contribution in [0.4, 0.5) is 0 Å². The van der Waals surface area contributed by atoms with Crippen LogP contribution in [0.2, 0.25) is 5.28 Å². The zero-order chi connectivity index (χ0) is 14.3. The fourth-order valence-electron chi connectivity index (χ4n) is 1.92. The summed E-state index contributed by atoms with van der Waals surface area (Å²) in [5, 5.41) is 4.00. The quantitative estimate of drug-likeness (QED) is 0.682. The molecular weight excluding hydrogens is 304 g/mol. The Morgan fingerprint density at radius 2 is 2.35 bits per heavy atom. The minimum absolute atomic E-state index is 0.0739. The van der Waals surface area contributed by atoms with Crippen LogP contribution in [0.15, 0.2) is 16.4 Å². The van der Waals surface area contributed by atoms with E-state index in [1.54, 1.807) is 18.5 Å². The SMILES string of the molecule is CCOC(=O)Cn1nc(Cl)n2c(cc3scnc32)c1=O. The maximum absolute atomic E-state index is 12.3. The maximum Gasteiger partial charge on any atom is 0.327 e. The van der Waals surface area contributed by atoms with E-state index in [0.717, 1.165) is 9.38 Å². The predicted molar refractivity (Wildman–Crippen MR) is 74.3 cm³/mol. The van der Waals surface area contributed by atoms with E-state index in [-0.39, 0.29) is 18.4 Å². The van der Waals surface area contributed by atoms with Crippen LogP contribution in [-0.2, 0) is 16.1 Å². The first-order chi connectivity index (χ1) is 9.61. The molecule has 0 unspecified atom stereocenters. The van der Waals surface area contributed by atoms with Crippen molar-refractivity contribution < 1.29 is 9.53 Å². The molecule has 3 rings (SSSR count). The molecular formula is C11H9ClN4O3S. The standard InChI is InChI=1S/C11H9ClN4O3S/c1-2-19-8(17)4-15-10(18)6-3-7-9(13-5-20-7)16(6)11(12)14-15/h3,5H,2,4H2,1H3. The highest BCUT2D eigenvalue weighted by Crippen LogP contribution is 2.23. The average Bonchev–Trinajstić information content (AvgIpc) is 2.95. The number of nitrogens with zero attached hydrogens (tertiary/aromatic N) is 4. The van der Waals surface area contributed by atoms with Crippen molar-refractivity contribution in [2.45, 2.75) is 13.5 Å². The fraction of sp³-hybridized carbons (Fsp3) is 0.273. The Bertz CT molecular complexity index is 866. The van der Waals surface area contributed by atoms with Gasteiger partial charge in [0.2, 0.25) is 5.28 Å². The summed E-state index contributed by atoms with van der Waals surface area (Å²) in [7, 11) is 0. The second kappa shape index (κ2) is 4.88. The zero-order valence-electron chi connectivity index (χ0n) is 10.4. The van der Waals surface area contributed by atoms with Gasteiger partial charge in [-0.3, -0.25) is 14.0 Å². The Balaban J connectivity index is 2.18. The van der Waals surface area contributed by atoms with E-state index in [0.29, 0.717) is 11.2 Å². The lowest BCUT2D eigenvalue weighted by Gasteiger charge is -2.06. The molecule has 0 N–H and O–H groups in total. The number of halogens is 1. The molecule has 0 aromatic carbocycles. The van der Waals surface area contributed by atoms with Crippen LogP contribution in [-0.4, -0.2) is 31.7 Å². The van der Waals surface area contributed by atoms with E-state index in [1.165, 1.54) is 15.7 Å². The number of aromatic nitrogens is 4. The molecule has 9 heteroatoms. The highest BCUT2D eigenvalue weighted by molar-refractivity contribution is 7.16. The lowest BCUT2D eigenvalue weighted by molar-refractivity contribution is -0.144. The number of carbonyl (C=O) groups is 1. The smallest absolute Gasteiger partial charge is 0.327 e. The molecule has 0 amide bonds. The third-order valence-electron chi connectivity index (χ3n) is 2.72. The van der Waals surface area contributed by atoms with E-state index in [4.69, 9.17) is 16.3 Å². The van der Waals surface area contributed by atoms with Gasteiger partial charge in [-0.2, -0.15) is 0 Å². The van der Waals surface area contributed by atoms with Crippen molar-refractivity contribution in [1.82, 2.24) is 19.2 Å². The van der Waals surface area contributed by atoms with Crippen LogP contribution in [0, 0.1) is 0 Å². The molecule has 0 spiro atoms. The minimum Gasteiger partial charge on any atom is -0.465 e. The van der Waals surface area contributed by atoms with Gasteiger partial charge in [0.05, 0.1) is 16.8 Å². The van der Waals surface area contributed by atoms with Gasteiger partial charge in [-0.15, -0.1) is 16.4 Å². The third-order valence-corrected chi connectivity index (χ3v) is 3.73. The molecule has 3 aromatic heterocycles. The molecule has 3 heterocycles. The highest BCUT2D eigenvalue weighted by atomic mass is 35.5. The van der Waals surface area contributed by atoms with Gasteiger partial charge in [0.15, 0.2) is 5.65 Å². The van der Waals surface area contributed by atoms with E-state index in [9.17, 15) is 9.59 Å². The molecule has 0 bridgehead atoms. The summed E-state index contributed by atoms with van der Waals surface area (Å²) in [4.78, 5) is 27.9. The molecule has 104 valence electrons. The van der Waals surface area contributed by atoms with Crippen LogP contribution >= 0.6 is 22.9 Å². The van der Waals surface area contributed by atoms with E-state index in [1.807, 2.05) is 0 Å². The van der Waals surface area contributed by atoms with Crippen molar-refractivity contribution in [2.24, 2.45) is 0 Å².